The second kappa shape index (κ2) is 3.61. The number of oxazole rings is 1. The molecular weight excluding hydrogens is 180 g/mol. The third-order valence-corrected chi connectivity index (χ3v) is 2.03. The first-order chi connectivity index (χ1) is 6.83. The Labute approximate surface area is 81.8 Å². The summed E-state index contributed by atoms with van der Waals surface area (Å²) in [5.41, 5.74) is 0.843. The molecule has 0 aliphatic heterocycles. The van der Waals surface area contributed by atoms with E-state index in [1.165, 1.54) is 6.39 Å². The van der Waals surface area contributed by atoms with E-state index < -0.39 is 0 Å². The van der Waals surface area contributed by atoms with Crippen molar-refractivity contribution in [3.8, 4) is 11.6 Å². The van der Waals surface area contributed by atoms with E-state index in [1.54, 1.807) is 6.33 Å². The standard InChI is InChI=1S/C9H12N4O/c1-3-4-13-5-11-12-9(13)8-7(2)10-6-14-8/h5-6H,3-4H2,1-2H3. The zero-order valence-corrected chi connectivity index (χ0v) is 8.27. The van der Waals surface area contributed by atoms with Crippen molar-refractivity contribution in [2.24, 2.45) is 0 Å². The average molecular weight is 192 g/mol. The van der Waals surface area contributed by atoms with Crippen molar-refractivity contribution in [1.82, 2.24) is 19.7 Å². The van der Waals surface area contributed by atoms with Gasteiger partial charge < -0.3 is 8.98 Å². The maximum absolute atomic E-state index is 5.26. The van der Waals surface area contributed by atoms with Crippen molar-refractivity contribution in [2.45, 2.75) is 26.8 Å². The molecule has 0 aromatic carbocycles. The largest absolute Gasteiger partial charge is 0.440 e. The molecule has 0 unspecified atom stereocenters. The monoisotopic (exact) mass is 192 g/mol. The lowest BCUT2D eigenvalue weighted by Gasteiger charge is -2.01. The molecule has 2 heterocycles. The fourth-order valence-corrected chi connectivity index (χ4v) is 1.35. The van der Waals surface area contributed by atoms with Crippen LogP contribution in [0.4, 0.5) is 0 Å². The van der Waals surface area contributed by atoms with Gasteiger partial charge >= 0.3 is 0 Å². The van der Waals surface area contributed by atoms with Gasteiger partial charge in [-0.15, -0.1) is 10.2 Å². The second-order valence-corrected chi connectivity index (χ2v) is 3.11. The minimum atomic E-state index is 0.705. The minimum Gasteiger partial charge on any atom is -0.440 e. The molecule has 0 aliphatic carbocycles. The van der Waals surface area contributed by atoms with E-state index in [4.69, 9.17) is 4.42 Å². The minimum absolute atomic E-state index is 0.705. The first kappa shape index (κ1) is 8.93. The van der Waals surface area contributed by atoms with E-state index in [0.29, 0.717) is 5.76 Å². The smallest absolute Gasteiger partial charge is 0.201 e. The summed E-state index contributed by atoms with van der Waals surface area (Å²) in [5.74, 6) is 1.46. The van der Waals surface area contributed by atoms with Crippen molar-refractivity contribution in [3.05, 3.63) is 18.4 Å². The number of hydrogen-bond acceptors (Lipinski definition) is 4. The fourth-order valence-electron chi connectivity index (χ4n) is 1.35. The Morgan fingerprint density at radius 2 is 2.36 bits per heavy atom. The van der Waals surface area contributed by atoms with Crippen molar-refractivity contribution in [1.29, 1.82) is 0 Å². The summed E-state index contributed by atoms with van der Waals surface area (Å²) in [6, 6.07) is 0. The predicted molar refractivity (Wildman–Crippen MR) is 50.5 cm³/mol. The zero-order chi connectivity index (χ0) is 9.97. The molecule has 2 rings (SSSR count). The summed E-state index contributed by atoms with van der Waals surface area (Å²) in [6.45, 7) is 4.89. The molecule has 0 saturated carbocycles. The number of aryl methyl sites for hydroxylation is 2. The lowest BCUT2D eigenvalue weighted by Crippen LogP contribution is -1.98. The lowest BCUT2D eigenvalue weighted by atomic mass is 10.3. The van der Waals surface area contributed by atoms with Crippen LogP contribution < -0.4 is 0 Å². The molecule has 0 amide bonds. The summed E-state index contributed by atoms with van der Waals surface area (Å²) < 4.78 is 7.23. The first-order valence-corrected chi connectivity index (χ1v) is 4.61. The van der Waals surface area contributed by atoms with Gasteiger partial charge in [0.25, 0.3) is 0 Å². The molecule has 2 aromatic rings. The van der Waals surface area contributed by atoms with Crippen LogP contribution in [-0.4, -0.2) is 19.7 Å². The van der Waals surface area contributed by atoms with Crippen LogP contribution in [0.2, 0.25) is 0 Å². The van der Waals surface area contributed by atoms with Crippen molar-refractivity contribution in [3.63, 3.8) is 0 Å². The summed E-state index contributed by atoms with van der Waals surface area (Å²) >= 11 is 0. The van der Waals surface area contributed by atoms with Gasteiger partial charge in [0.2, 0.25) is 5.82 Å². The summed E-state index contributed by atoms with van der Waals surface area (Å²) in [4.78, 5) is 4.03. The molecular formula is C9H12N4O. The van der Waals surface area contributed by atoms with Crippen molar-refractivity contribution in [2.75, 3.05) is 0 Å². The van der Waals surface area contributed by atoms with Crippen LogP contribution >= 0.6 is 0 Å². The quantitative estimate of drug-likeness (QED) is 0.742. The third-order valence-electron chi connectivity index (χ3n) is 2.03. The lowest BCUT2D eigenvalue weighted by molar-refractivity contribution is 0.557. The van der Waals surface area contributed by atoms with Gasteiger partial charge in [0.05, 0.1) is 5.69 Å². The molecule has 5 nitrogen and oxygen atoms in total. The van der Waals surface area contributed by atoms with Gasteiger partial charge in [-0.25, -0.2) is 4.98 Å². The third kappa shape index (κ3) is 1.41. The SMILES string of the molecule is CCCn1cnnc1-c1ocnc1C. The molecule has 5 heteroatoms. The molecule has 0 radical (unpaired) electrons. The highest BCUT2D eigenvalue weighted by molar-refractivity contribution is 5.49. The topological polar surface area (TPSA) is 56.7 Å². The fraction of sp³-hybridized carbons (Fsp3) is 0.444. The van der Waals surface area contributed by atoms with Crippen LogP contribution in [0.5, 0.6) is 0 Å². The summed E-state index contributed by atoms with van der Waals surface area (Å²) in [5, 5.41) is 7.88. The molecule has 2 aromatic heterocycles. The Bertz CT molecular complexity index is 418. The Hall–Kier alpha value is -1.65. The Balaban J connectivity index is 2.41. The second-order valence-electron chi connectivity index (χ2n) is 3.11. The normalized spacial score (nSPS) is 10.7. The van der Waals surface area contributed by atoms with Crippen LogP contribution in [0.25, 0.3) is 11.6 Å². The van der Waals surface area contributed by atoms with Crippen LogP contribution in [0.15, 0.2) is 17.1 Å². The Morgan fingerprint density at radius 1 is 1.50 bits per heavy atom. The van der Waals surface area contributed by atoms with Gasteiger partial charge in [0.15, 0.2) is 12.2 Å². The predicted octanol–water partition coefficient (Wildman–Crippen LogP) is 1.65. The van der Waals surface area contributed by atoms with Gasteiger partial charge in [-0.1, -0.05) is 6.92 Å². The Morgan fingerprint density at radius 3 is 3.00 bits per heavy atom. The molecule has 74 valence electrons. The van der Waals surface area contributed by atoms with E-state index >= 15 is 0 Å². The van der Waals surface area contributed by atoms with Crippen molar-refractivity contribution >= 4 is 0 Å². The van der Waals surface area contributed by atoms with Gasteiger partial charge in [-0.3, -0.25) is 0 Å². The first-order valence-electron chi connectivity index (χ1n) is 4.61. The van der Waals surface area contributed by atoms with Crippen LogP contribution in [0.3, 0.4) is 0 Å². The van der Waals surface area contributed by atoms with Gasteiger partial charge in [0, 0.05) is 6.54 Å². The zero-order valence-electron chi connectivity index (χ0n) is 8.27. The van der Waals surface area contributed by atoms with Gasteiger partial charge in [-0.05, 0) is 13.3 Å². The van der Waals surface area contributed by atoms with Crippen molar-refractivity contribution < 1.29 is 4.42 Å². The molecule has 0 atom stereocenters. The molecule has 0 saturated heterocycles. The Kier molecular flexibility index (Phi) is 2.30. The number of nitrogens with zero attached hydrogens (tertiary/aromatic N) is 4. The number of hydrogen-bond donors (Lipinski definition) is 0. The molecule has 0 aliphatic rings. The molecule has 14 heavy (non-hydrogen) atoms. The number of rotatable bonds is 3. The van der Waals surface area contributed by atoms with E-state index in [0.717, 1.165) is 24.5 Å². The number of aromatic nitrogens is 4. The van der Waals surface area contributed by atoms with Crippen LogP contribution in [0.1, 0.15) is 19.0 Å². The van der Waals surface area contributed by atoms with Gasteiger partial charge in [0.1, 0.15) is 6.33 Å². The van der Waals surface area contributed by atoms with Crippen LogP contribution in [-0.2, 0) is 6.54 Å². The maximum Gasteiger partial charge on any atom is 0.201 e. The molecule has 0 fully saturated rings. The van der Waals surface area contributed by atoms with E-state index in [9.17, 15) is 0 Å². The van der Waals surface area contributed by atoms with Gasteiger partial charge in [-0.2, -0.15) is 0 Å². The highest BCUT2D eigenvalue weighted by Gasteiger charge is 2.13. The summed E-state index contributed by atoms with van der Waals surface area (Å²) in [6.07, 6.45) is 4.18. The highest BCUT2D eigenvalue weighted by atomic mass is 16.3. The average Bonchev–Trinajstić information content (AvgIpc) is 2.74. The van der Waals surface area contributed by atoms with Crippen LogP contribution in [0, 0.1) is 6.92 Å². The molecule has 0 N–H and O–H groups in total. The van der Waals surface area contributed by atoms with E-state index in [-0.39, 0.29) is 0 Å². The van der Waals surface area contributed by atoms with E-state index in [1.807, 2.05) is 11.5 Å². The molecule has 0 bridgehead atoms. The maximum atomic E-state index is 5.26. The summed E-state index contributed by atoms with van der Waals surface area (Å²) in [7, 11) is 0. The highest BCUT2D eigenvalue weighted by Crippen LogP contribution is 2.19. The molecule has 0 spiro atoms. The van der Waals surface area contributed by atoms with E-state index in [2.05, 4.69) is 22.1 Å².